The lowest BCUT2D eigenvalue weighted by Crippen LogP contribution is -2.24. The quantitative estimate of drug-likeness (QED) is 0.892. The minimum atomic E-state index is -0.265. The first kappa shape index (κ1) is 15.6. The van der Waals surface area contributed by atoms with Gasteiger partial charge in [0.2, 0.25) is 0 Å². The van der Waals surface area contributed by atoms with Gasteiger partial charge in [0.15, 0.2) is 0 Å². The van der Waals surface area contributed by atoms with Crippen molar-refractivity contribution in [2.24, 2.45) is 0 Å². The first-order valence-corrected chi connectivity index (χ1v) is 7.04. The molecule has 0 aliphatic rings. The molecular weight excluding hydrogens is 276 g/mol. The molecule has 2 N–H and O–H groups in total. The van der Waals surface area contributed by atoms with E-state index in [-0.39, 0.29) is 6.03 Å². The van der Waals surface area contributed by atoms with E-state index in [1.165, 1.54) is 0 Å². The Morgan fingerprint density at radius 2 is 1.82 bits per heavy atom. The van der Waals surface area contributed by atoms with Crippen molar-refractivity contribution in [1.29, 1.82) is 0 Å². The zero-order valence-corrected chi connectivity index (χ0v) is 13.0. The van der Waals surface area contributed by atoms with Crippen LogP contribution in [0.5, 0.6) is 5.75 Å². The minimum Gasteiger partial charge on any atom is -0.497 e. The van der Waals surface area contributed by atoms with Crippen LogP contribution >= 0.6 is 0 Å². The molecule has 4 heteroatoms. The van der Waals surface area contributed by atoms with Crippen molar-refractivity contribution >= 4 is 17.8 Å². The molecule has 0 bridgehead atoms. The summed E-state index contributed by atoms with van der Waals surface area (Å²) in [6, 6.07) is 13.3. The highest BCUT2D eigenvalue weighted by atomic mass is 16.5. The number of amides is 2. The topological polar surface area (TPSA) is 50.4 Å². The molecule has 0 unspecified atom stereocenters. The van der Waals surface area contributed by atoms with Crippen LogP contribution in [0.4, 0.5) is 10.5 Å². The molecule has 0 heterocycles. The van der Waals surface area contributed by atoms with Crippen LogP contribution in [0.3, 0.4) is 0 Å². The van der Waals surface area contributed by atoms with Crippen LogP contribution in [-0.4, -0.2) is 13.1 Å². The average Bonchev–Trinajstić information content (AvgIpc) is 2.51. The van der Waals surface area contributed by atoms with Crippen molar-refractivity contribution in [3.05, 3.63) is 65.4 Å². The number of aryl methyl sites for hydroxylation is 2. The van der Waals surface area contributed by atoms with Crippen molar-refractivity contribution < 1.29 is 9.53 Å². The maximum absolute atomic E-state index is 11.9. The number of nitrogens with one attached hydrogen (secondary N) is 2. The number of carbonyl (C=O) groups is 1. The van der Waals surface area contributed by atoms with Gasteiger partial charge < -0.3 is 15.4 Å². The molecule has 0 spiro atoms. The van der Waals surface area contributed by atoms with Crippen molar-refractivity contribution in [2.75, 3.05) is 12.4 Å². The summed E-state index contributed by atoms with van der Waals surface area (Å²) in [4.78, 5) is 11.9. The first-order valence-electron chi connectivity index (χ1n) is 7.04. The molecule has 4 nitrogen and oxygen atoms in total. The number of hydrogen-bond donors (Lipinski definition) is 2. The highest BCUT2D eigenvalue weighted by Crippen LogP contribution is 2.16. The number of rotatable bonds is 4. The summed E-state index contributed by atoms with van der Waals surface area (Å²) < 4.78 is 5.10. The summed E-state index contributed by atoms with van der Waals surface area (Å²) in [7, 11) is 1.63. The van der Waals surface area contributed by atoms with Crippen LogP contribution in [0.25, 0.3) is 6.08 Å². The van der Waals surface area contributed by atoms with Gasteiger partial charge in [-0.15, -0.1) is 0 Å². The van der Waals surface area contributed by atoms with E-state index in [0.717, 1.165) is 28.1 Å². The van der Waals surface area contributed by atoms with Gasteiger partial charge in [0, 0.05) is 11.9 Å². The zero-order chi connectivity index (χ0) is 15.9. The Balaban J connectivity index is 1.91. The molecule has 22 heavy (non-hydrogen) atoms. The fourth-order valence-corrected chi connectivity index (χ4v) is 1.96. The van der Waals surface area contributed by atoms with Crippen molar-refractivity contribution in [2.45, 2.75) is 13.8 Å². The lowest BCUT2D eigenvalue weighted by molar-refractivity contribution is 0.255. The number of benzene rings is 2. The third kappa shape index (κ3) is 4.38. The highest BCUT2D eigenvalue weighted by Gasteiger charge is 2.02. The van der Waals surface area contributed by atoms with Gasteiger partial charge in [0.05, 0.1) is 7.11 Å². The van der Waals surface area contributed by atoms with Gasteiger partial charge in [-0.25, -0.2) is 4.79 Å². The van der Waals surface area contributed by atoms with Gasteiger partial charge >= 0.3 is 6.03 Å². The number of anilines is 1. The average molecular weight is 296 g/mol. The molecule has 0 aromatic heterocycles. The van der Waals surface area contributed by atoms with E-state index in [2.05, 4.69) is 10.6 Å². The Morgan fingerprint density at radius 1 is 1.09 bits per heavy atom. The summed E-state index contributed by atoms with van der Waals surface area (Å²) in [5.41, 5.74) is 3.93. The summed E-state index contributed by atoms with van der Waals surface area (Å²) in [6.07, 6.45) is 3.43. The van der Waals surface area contributed by atoms with Crippen LogP contribution in [0.2, 0.25) is 0 Å². The molecule has 2 aromatic carbocycles. The highest BCUT2D eigenvalue weighted by molar-refractivity contribution is 5.91. The predicted molar refractivity (Wildman–Crippen MR) is 90.1 cm³/mol. The molecular formula is C18H20N2O2. The first-order chi connectivity index (χ1) is 10.6. The molecule has 2 rings (SSSR count). The normalized spacial score (nSPS) is 10.5. The van der Waals surface area contributed by atoms with Crippen LogP contribution in [0, 0.1) is 13.8 Å². The Labute approximate surface area is 130 Å². The maximum atomic E-state index is 11.9. The second kappa shape index (κ2) is 7.31. The number of ether oxygens (including phenoxy) is 1. The van der Waals surface area contributed by atoms with E-state index in [0.29, 0.717) is 0 Å². The van der Waals surface area contributed by atoms with E-state index < -0.39 is 0 Å². The van der Waals surface area contributed by atoms with Gasteiger partial charge in [-0.1, -0.05) is 24.3 Å². The number of methoxy groups -OCH3 is 1. The second-order valence-electron chi connectivity index (χ2n) is 5.02. The Kier molecular flexibility index (Phi) is 5.20. The third-order valence-electron chi connectivity index (χ3n) is 3.25. The zero-order valence-electron chi connectivity index (χ0n) is 13.0. The van der Waals surface area contributed by atoms with E-state index in [4.69, 9.17) is 4.74 Å². The smallest absolute Gasteiger partial charge is 0.323 e. The number of carbonyl (C=O) groups excluding carboxylic acids is 1. The van der Waals surface area contributed by atoms with E-state index in [9.17, 15) is 4.79 Å². The lowest BCUT2D eigenvalue weighted by Gasteiger charge is -2.08. The Morgan fingerprint density at radius 3 is 2.50 bits per heavy atom. The van der Waals surface area contributed by atoms with Gasteiger partial charge in [0.1, 0.15) is 5.75 Å². The molecule has 0 saturated carbocycles. The minimum absolute atomic E-state index is 0.265. The van der Waals surface area contributed by atoms with Gasteiger partial charge in [0.25, 0.3) is 0 Å². The fraction of sp³-hybridized carbons (Fsp3) is 0.167. The molecule has 0 aliphatic carbocycles. The monoisotopic (exact) mass is 296 g/mol. The van der Waals surface area contributed by atoms with Crippen molar-refractivity contribution in [3.8, 4) is 5.75 Å². The van der Waals surface area contributed by atoms with E-state index in [1.807, 2.05) is 62.4 Å². The summed E-state index contributed by atoms with van der Waals surface area (Å²) in [5, 5.41) is 5.53. The van der Waals surface area contributed by atoms with E-state index >= 15 is 0 Å². The maximum Gasteiger partial charge on any atom is 0.323 e. The fourth-order valence-electron chi connectivity index (χ4n) is 1.96. The van der Waals surface area contributed by atoms with E-state index in [1.54, 1.807) is 13.3 Å². The van der Waals surface area contributed by atoms with Gasteiger partial charge in [-0.05, 0) is 54.8 Å². The van der Waals surface area contributed by atoms with Crippen molar-refractivity contribution in [1.82, 2.24) is 5.32 Å². The Bertz CT molecular complexity index is 676. The van der Waals surface area contributed by atoms with Crippen LogP contribution in [0.15, 0.2) is 48.7 Å². The second-order valence-corrected chi connectivity index (χ2v) is 5.02. The molecule has 0 aliphatic heterocycles. The molecule has 2 amide bonds. The molecule has 0 fully saturated rings. The van der Waals surface area contributed by atoms with Crippen LogP contribution in [-0.2, 0) is 0 Å². The van der Waals surface area contributed by atoms with Crippen molar-refractivity contribution in [3.63, 3.8) is 0 Å². The molecule has 114 valence electrons. The molecule has 2 aromatic rings. The number of urea groups is 1. The standard InChI is InChI=1S/C18H20N2O2/c1-13-4-5-14(2)17(12-13)20-18(21)19-11-10-15-6-8-16(22-3)9-7-15/h4-12H,1-3H3,(H2,19,20,21)/b11-10+. The van der Waals surface area contributed by atoms with Crippen LogP contribution < -0.4 is 15.4 Å². The largest absolute Gasteiger partial charge is 0.497 e. The molecule has 0 radical (unpaired) electrons. The third-order valence-corrected chi connectivity index (χ3v) is 3.25. The van der Waals surface area contributed by atoms with Crippen LogP contribution in [0.1, 0.15) is 16.7 Å². The summed E-state index contributed by atoms with van der Waals surface area (Å²) >= 11 is 0. The Hall–Kier alpha value is -2.75. The van der Waals surface area contributed by atoms with Gasteiger partial charge in [-0.2, -0.15) is 0 Å². The molecule has 0 saturated heterocycles. The van der Waals surface area contributed by atoms with Gasteiger partial charge in [-0.3, -0.25) is 0 Å². The summed E-state index contributed by atoms with van der Waals surface area (Å²) in [6.45, 7) is 3.95. The molecule has 0 atom stereocenters. The number of hydrogen-bond acceptors (Lipinski definition) is 2. The lowest BCUT2D eigenvalue weighted by atomic mass is 10.1. The SMILES string of the molecule is COc1ccc(/C=C/NC(=O)Nc2cc(C)ccc2C)cc1. The summed E-state index contributed by atoms with van der Waals surface area (Å²) in [5.74, 6) is 0.803. The predicted octanol–water partition coefficient (Wildman–Crippen LogP) is 4.10.